The monoisotopic (exact) mass is 470 g/mol. The third-order valence-electron chi connectivity index (χ3n) is 5.48. The van der Waals surface area contributed by atoms with Gasteiger partial charge in [-0.3, -0.25) is 4.79 Å². The van der Waals surface area contributed by atoms with Gasteiger partial charge in [0, 0.05) is 24.8 Å². The first-order valence-electron chi connectivity index (χ1n) is 11.5. The molecule has 1 N–H and O–H groups in total. The lowest BCUT2D eigenvalue weighted by Gasteiger charge is -2.12. The van der Waals surface area contributed by atoms with Crippen molar-refractivity contribution in [1.29, 1.82) is 0 Å². The predicted octanol–water partition coefficient (Wildman–Crippen LogP) is 4.42. The Kier molecular flexibility index (Phi) is 7.80. The molecule has 4 rings (SSSR count). The number of likely N-dealkylation sites (N-methyl/N-ethyl adjacent to an activating group) is 1. The number of nitrogens with zero attached hydrogens (tertiary/aromatic N) is 3. The van der Waals surface area contributed by atoms with Crippen molar-refractivity contribution in [3.8, 4) is 28.4 Å². The fourth-order valence-electron chi connectivity index (χ4n) is 3.61. The summed E-state index contributed by atoms with van der Waals surface area (Å²) < 4.78 is 12.9. The average Bonchev–Trinajstić information content (AvgIpc) is 3.34. The zero-order valence-electron chi connectivity index (χ0n) is 20.3. The van der Waals surface area contributed by atoms with Crippen molar-refractivity contribution in [2.24, 2.45) is 0 Å². The number of amides is 1. The number of carbonyl (C=O) groups excluding carboxylic acids is 1. The maximum absolute atomic E-state index is 13.3. The van der Waals surface area contributed by atoms with Crippen LogP contribution in [0.2, 0.25) is 0 Å². The number of hydrogen-bond donors (Lipinski definition) is 1. The maximum Gasteiger partial charge on any atom is 0.255 e. The van der Waals surface area contributed by atoms with Crippen molar-refractivity contribution >= 4 is 5.91 Å². The molecular weight excluding hydrogens is 440 g/mol. The quantitative estimate of drug-likeness (QED) is 0.372. The maximum atomic E-state index is 13.3. The first kappa shape index (κ1) is 24.0. The Labute approximate surface area is 205 Å². The van der Waals surface area contributed by atoms with E-state index in [1.54, 1.807) is 18.0 Å². The first-order valence-corrected chi connectivity index (χ1v) is 11.5. The summed E-state index contributed by atoms with van der Waals surface area (Å²) in [5, 5.41) is 7.77. The summed E-state index contributed by atoms with van der Waals surface area (Å²) in [6, 6.07) is 25.1. The van der Waals surface area contributed by atoms with Gasteiger partial charge in [-0.05, 0) is 56.1 Å². The molecule has 180 valence electrons. The molecule has 0 saturated carbocycles. The van der Waals surface area contributed by atoms with Crippen molar-refractivity contribution < 1.29 is 14.3 Å². The second-order valence-electron chi connectivity index (χ2n) is 8.39. The molecule has 0 fully saturated rings. The highest BCUT2D eigenvalue weighted by Crippen LogP contribution is 2.27. The van der Waals surface area contributed by atoms with E-state index in [1.807, 2.05) is 93.0 Å². The molecule has 1 heterocycles. The Morgan fingerprint density at radius 1 is 0.971 bits per heavy atom. The Balaban J connectivity index is 1.55. The van der Waals surface area contributed by atoms with Gasteiger partial charge in [-0.25, -0.2) is 4.68 Å². The third kappa shape index (κ3) is 6.28. The first-order chi connectivity index (χ1) is 17.0. The summed E-state index contributed by atoms with van der Waals surface area (Å²) in [5.41, 5.74) is 3.71. The van der Waals surface area contributed by atoms with Gasteiger partial charge < -0.3 is 19.7 Å². The summed E-state index contributed by atoms with van der Waals surface area (Å²) in [7, 11) is 5.64. The van der Waals surface area contributed by atoms with Crippen LogP contribution in [0, 0.1) is 0 Å². The van der Waals surface area contributed by atoms with E-state index in [-0.39, 0.29) is 5.91 Å². The van der Waals surface area contributed by atoms with Gasteiger partial charge in [0.05, 0.1) is 18.4 Å². The molecule has 3 aromatic carbocycles. The van der Waals surface area contributed by atoms with Crippen molar-refractivity contribution in [1.82, 2.24) is 20.0 Å². The number of ether oxygens (including phenoxy) is 2. The molecule has 0 aliphatic rings. The van der Waals surface area contributed by atoms with Gasteiger partial charge >= 0.3 is 0 Å². The number of aromatic nitrogens is 2. The highest BCUT2D eigenvalue weighted by atomic mass is 16.5. The van der Waals surface area contributed by atoms with Crippen LogP contribution in [0.3, 0.4) is 0 Å². The summed E-state index contributed by atoms with van der Waals surface area (Å²) in [6.07, 6.45) is 1.76. The van der Waals surface area contributed by atoms with Crippen LogP contribution < -0.4 is 14.8 Å². The van der Waals surface area contributed by atoms with E-state index in [2.05, 4.69) is 10.2 Å². The molecule has 0 atom stereocenters. The second kappa shape index (κ2) is 11.4. The molecule has 35 heavy (non-hydrogen) atoms. The zero-order valence-corrected chi connectivity index (χ0v) is 20.3. The van der Waals surface area contributed by atoms with Crippen LogP contribution in [0.5, 0.6) is 11.5 Å². The van der Waals surface area contributed by atoms with Crippen LogP contribution in [-0.2, 0) is 6.54 Å². The van der Waals surface area contributed by atoms with E-state index in [1.165, 1.54) is 0 Å². The lowest BCUT2D eigenvalue weighted by molar-refractivity contribution is 0.0951. The number of para-hydroxylation sites is 1. The highest BCUT2D eigenvalue weighted by Gasteiger charge is 2.19. The van der Waals surface area contributed by atoms with Gasteiger partial charge in [0.15, 0.2) is 0 Å². The minimum Gasteiger partial charge on any atom is -0.497 e. The number of rotatable bonds is 10. The molecule has 0 unspecified atom stereocenters. The molecule has 4 aromatic rings. The summed E-state index contributed by atoms with van der Waals surface area (Å²) in [6.45, 7) is 1.81. The van der Waals surface area contributed by atoms with Gasteiger partial charge in [-0.2, -0.15) is 5.10 Å². The molecule has 7 nitrogen and oxygen atoms in total. The third-order valence-corrected chi connectivity index (χ3v) is 5.48. The lowest BCUT2D eigenvalue weighted by atomic mass is 10.1. The van der Waals surface area contributed by atoms with E-state index in [4.69, 9.17) is 14.6 Å². The topological polar surface area (TPSA) is 68.6 Å². The fraction of sp³-hybridized carbons (Fsp3) is 0.214. The molecule has 0 radical (unpaired) electrons. The van der Waals surface area contributed by atoms with Crippen LogP contribution >= 0.6 is 0 Å². The van der Waals surface area contributed by atoms with Crippen LogP contribution in [0.25, 0.3) is 16.9 Å². The largest absolute Gasteiger partial charge is 0.497 e. The summed E-state index contributed by atoms with van der Waals surface area (Å²) in [4.78, 5) is 15.4. The van der Waals surface area contributed by atoms with Gasteiger partial charge in [-0.15, -0.1) is 0 Å². The summed E-state index contributed by atoms with van der Waals surface area (Å²) >= 11 is 0. The molecule has 0 saturated heterocycles. The molecule has 0 aliphatic carbocycles. The van der Waals surface area contributed by atoms with E-state index >= 15 is 0 Å². The fourth-order valence-corrected chi connectivity index (χ4v) is 3.61. The van der Waals surface area contributed by atoms with Crippen molar-refractivity contribution in [2.45, 2.75) is 6.54 Å². The molecule has 1 aromatic heterocycles. The minimum absolute atomic E-state index is 0.205. The molecule has 7 heteroatoms. The molecular formula is C28H30N4O3. The van der Waals surface area contributed by atoms with Crippen LogP contribution in [0.4, 0.5) is 0 Å². The number of hydrogen-bond acceptors (Lipinski definition) is 5. The summed E-state index contributed by atoms with van der Waals surface area (Å²) in [5.74, 6) is 1.28. The number of methoxy groups -OCH3 is 1. The average molecular weight is 471 g/mol. The molecule has 0 aliphatic heterocycles. The molecule has 0 bridgehead atoms. The Morgan fingerprint density at radius 3 is 2.51 bits per heavy atom. The number of nitrogens with one attached hydrogen (secondary N) is 1. The Morgan fingerprint density at radius 2 is 1.74 bits per heavy atom. The van der Waals surface area contributed by atoms with Gasteiger partial charge in [-0.1, -0.05) is 42.5 Å². The van der Waals surface area contributed by atoms with Crippen molar-refractivity contribution in [3.05, 3.63) is 96.2 Å². The SMILES string of the molecule is COc1cccc(-c2nn(-c3ccccc3)cc2C(=O)NCc2cccc(OCCN(C)C)c2)c1. The zero-order chi connectivity index (χ0) is 24.6. The van der Waals surface area contributed by atoms with Gasteiger partial charge in [0.25, 0.3) is 5.91 Å². The Hall–Kier alpha value is -4.10. The van der Waals surface area contributed by atoms with Crippen molar-refractivity contribution in [3.63, 3.8) is 0 Å². The van der Waals surface area contributed by atoms with E-state index in [9.17, 15) is 4.79 Å². The standard InChI is InChI=1S/C28H30N4O3/c1-31(2)15-16-35-25-14-7-9-21(17-25)19-29-28(33)26-20-32(23-11-5-4-6-12-23)30-27(26)22-10-8-13-24(18-22)34-3/h4-14,17-18,20H,15-16,19H2,1-3H3,(H,29,33). The van der Waals surface area contributed by atoms with E-state index < -0.39 is 0 Å². The predicted molar refractivity (Wildman–Crippen MR) is 137 cm³/mol. The minimum atomic E-state index is -0.205. The normalized spacial score (nSPS) is 10.9. The highest BCUT2D eigenvalue weighted by molar-refractivity contribution is 6.00. The van der Waals surface area contributed by atoms with E-state index in [0.717, 1.165) is 29.1 Å². The van der Waals surface area contributed by atoms with Gasteiger partial charge in [0.2, 0.25) is 0 Å². The number of carbonyl (C=O) groups is 1. The Bertz CT molecular complexity index is 1270. The second-order valence-corrected chi connectivity index (χ2v) is 8.39. The van der Waals surface area contributed by atoms with Crippen molar-refractivity contribution in [2.75, 3.05) is 34.4 Å². The van der Waals surface area contributed by atoms with Gasteiger partial charge in [0.1, 0.15) is 23.8 Å². The van der Waals surface area contributed by atoms with Crippen LogP contribution in [0.1, 0.15) is 15.9 Å². The molecule has 0 spiro atoms. The lowest BCUT2D eigenvalue weighted by Crippen LogP contribution is -2.23. The van der Waals surface area contributed by atoms with Crippen LogP contribution in [-0.4, -0.2) is 54.9 Å². The van der Waals surface area contributed by atoms with E-state index in [0.29, 0.717) is 30.2 Å². The molecule has 1 amide bonds. The van der Waals surface area contributed by atoms with Crippen LogP contribution in [0.15, 0.2) is 85.1 Å². The smallest absolute Gasteiger partial charge is 0.255 e. The number of benzene rings is 3.